The van der Waals surface area contributed by atoms with E-state index in [9.17, 15) is 0 Å². The van der Waals surface area contributed by atoms with Gasteiger partial charge in [0.2, 0.25) is 0 Å². The molecule has 28 heavy (non-hydrogen) atoms. The summed E-state index contributed by atoms with van der Waals surface area (Å²) in [6.45, 7) is 10.8. The molecule has 5 unspecified atom stereocenters. The first-order valence-electron chi connectivity index (χ1n) is 10.5. The van der Waals surface area contributed by atoms with Gasteiger partial charge in [-0.05, 0) is 36.3 Å². The highest BCUT2D eigenvalue weighted by atomic mass is 16.6. The van der Waals surface area contributed by atoms with E-state index < -0.39 is 0 Å². The molecule has 1 saturated heterocycles. The van der Waals surface area contributed by atoms with E-state index in [2.05, 4.69) is 64.1 Å². The molecule has 0 aromatic heterocycles. The molecule has 1 aliphatic heterocycles. The Hall–Kier alpha value is -1.68. The van der Waals surface area contributed by atoms with Crippen molar-refractivity contribution in [2.45, 2.75) is 65.1 Å². The predicted molar refractivity (Wildman–Crippen MR) is 113 cm³/mol. The molecular weight excluding hydrogens is 348 g/mol. The van der Waals surface area contributed by atoms with Crippen molar-refractivity contribution < 1.29 is 14.2 Å². The number of rotatable bonds is 8. The minimum atomic E-state index is -0.304. The number of benzene rings is 2. The molecule has 0 aliphatic carbocycles. The molecule has 1 aliphatic rings. The molecule has 3 rings (SSSR count). The van der Waals surface area contributed by atoms with Crippen molar-refractivity contribution in [2.24, 2.45) is 11.8 Å². The normalized spacial score (nSPS) is 30.3. The standard InChI is InChI=1S/C25H34O3/c1-5-25(4)24(27-17-22-14-10-7-11-15-22)20(3)19(2)23(28-25)18-26-16-21-12-8-6-9-13-21/h6-15,19-20,23-24H,5,16-18H2,1-4H3. The molecule has 2 aromatic carbocycles. The summed E-state index contributed by atoms with van der Waals surface area (Å²) in [5.41, 5.74) is 2.09. The molecule has 0 saturated carbocycles. The van der Waals surface area contributed by atoms with Gasteiger partial charge in [0.05, 0.1) is 37.6 Å². The largest absolute Gasteiger partial charge is 0.374 e. The second-order valence-electron chi connectivity index (χ2n) is 8.26. The molecule has 0 bridgehead atoms. The van der Waals surface area contributed by atoms with Crippen LogP contribution in [-0.4, -0.2) is 24.4 Å². The van der Waals surface area contributed by atoms with E-state index in [0.29, 0.717) is 31.7 Å². The molecule has 3 nitrogen and oxygen atoms in total. The van der Waals surface area contributed by atoms with Gasteiger partial charge < -0.3 is 14.2 Å². The van der Waals surface area contributed by atoms with Crippen LogP contribution in [-0.2, 0) is 27.4 Å². The minimum Gasteiger partial charge on any atom is -0.374 e. The Kier molecular flexibility index (Phi) is 7.28. The van der Waals surface area contributed by atoms with Crippen molar-refractivity contribution >= 4 is 0 Å². The predicted octanol–water partition coefficient (Wildman–Crippen LogP) is 5.63. The summed E-state index contributed by atoms with van der Waals surface area (Å²) in [5.74, 6) is 0.768. The Labute approximate surface area is 170 Å². The minimum absolute atomic E-state index is 0.0677. The maximum atomic E-state index is 6.59. The highest BCUT2D eigenvalue weighted by molar-refractivity contribution is 5.14. The van der Waals surface area contributed by atoms with Crippen LogP contribution in [0.1, 0.15) is 45.2 Å². The van der Waals surface area contributed by atoms with Crippen molar-refractivity contribution in [1.29, 1.82) is 0 Å². The quantitative estimate of drug-likeness (QED) is 0.592. The van der Waals surface area contributed by atoms with Gasteiger partial charge in [0.25, 0.3) is 0 Å². The van der Waals surface area contributed by atoms with Crippen LogP contribution in [0.25, 0.3) is 0 Å². The zero-order chi connectivity index (χ0) is 20.0. The lowest BCUT2D eigenvalue weighted by molar-refractivity contribution is -0.250. The highest BCUT2D eigenvalue weighted by Gasteiger charge is 2.48. The molecular formula is C25H34O3. The van der Waals surface area contributed by atoms with E-state index in [4.69, 9.17) is 14.2 Å². The van der Waals surface area contributed by atoms with Crippen LogP contribution in [0.4, 0.5) is 0 Å². The summed E-state index contributed by atoms with van der Waals surface area (Å²) in [6.07, 6.45) is 1.07. The molecule has 3 heteroatoms. The average Bonchev–Trinajstić information content (AvgIpc) is 2.73. The second-order valence-corrected chi connectivity index (χ2v) is 8.26. The van der Waals surface area contributed by atoms with Crippen molar-refractivity contribution in [3.63, 3.8) is 0 Å². The summed E-state index contributed by atoms with van der Waals surface area (Å²) in [6, 6.07) is 20.7. The number of ether oxygens (including phenoxy) is 3. The third-order valence-corrected chi connectivity index (χ3v) is 6.28. The molecule has 0 spiro atoms. The summed E-state index contributed by atoms with van der Waals surface area (Å²) < 4.78 is 19.0. The van der Waals surface area contributed by atoms with Gasteiger partial charge in [-0.15, -0.1) is 0 Å². The lowest BCUT2D eigenvalue weighted by Crippen LogP contribution is -2.58. The fourth-order valence-electron chi connectivity index (χ4n) is 4.12. The SMILES string of the molecule is CCC1(C)OC(COCc2ccccc2)C(C)C(C)C1OCc1ccccc1. The molecule has 0 radical (unpaired) electrons. The van der Waals surface area contributed by atoms with E-state index in [1.54, 1.807) is 0 Å². The lowest BCUT2D eigenvalue weighted by atomic mass is 9.75. The Morgan fingerprint density at radius 2 is 1.43 bits per heavy atom. The van der Waals surface area contributed by atoms with E-state index in [1.165, 1.54) is 11.1 Å². The van der Waals surface area contributed by atoms with Gasteiger partial charge >= 0.3 is 0 Å². The average molecular weight is 383 g/mol. The summed E-state index contributed by atoms with van der Waals surface area (Å²) in [4.78, 5) is 0. The molecule has 1 heterocycles. The van der Waals surface area contributed by atoms with Crippen LogP contribution in [0.2, 0.25) is 0 Å². The fraction of sp³-hybridized carbons (Fsp3) is 0.520. The Balaban J connectivity index is 1.60. The second kappa shape index (κ2) is 9.69. The zero-order valence-electron chi connectivity index (χ0n) is 17.6. The van der Waals surface area contributed by atoms with Gasteiger partial charge in [0, 0.05) is 0 Å². The Morgan fingerprint density at radius 3 is 2.00 bits per heavy atom. The monoisotopic (exact) mass is 382 g/mol. The van der Waals surface area contributed by atoms with Gasteiger partial charge in [-0.25, -0.2) is 0 Å². The maximum absolute atomic E-state index is 6.59. The van der Waals surface area contributed by atoms with Gasteiger partial charge in [-0.1, -0.05) is 81.4 Å². The molecule has 2 aromatic rings. The van der Waals surface area contributed by atoms with Gasteiger partial charge in [-0.2, -0.15) is 0 Å². The van der Waals surface area contributed by atoms with E-state index in [1.807, 2.05) is 24.3 Å². The summed E-state index contributed by atoms with van der Waals surface area (Å²) in [7, 11) is 0. The van der Waals surface area contributed by atoms with Crippen molar-refractivity contribution in [2.75, 3.05) is 6.61 Å². The van der Waals surface area contributed by atoms with E-state index in [0.717, 1.165) is 6.42 Å². The summed E-state index contributed by atoms with van der Waals surface area (Å²) in [5, 5.41) is 0. The number of hydrogen-bond donors (Lipinski definition) is 0. The van der Waals surface area contributed by atoms with Crippen LogP contribution in [0, 0.1) is 11.8 Å². The molecule has 152 valence electrons. The Bertz CT molecular complexity index is 700. The van der Waals surface area contributed by atoms with Gasteiger partial charge in [-0.3, -0.25) is 0 Å². The third-order valence-electron chi connectivity index (χ3n) is 6.28. The van der Waals surface area contributed by atoms with E-state index >= 15 is 0 Å². The fourth-order valence-corrected chi connectivity index (χ4v) is 4.12. The summed E-state index contributed by atoms with van der Waals surface area (Å²) >= 11 is 0. The van der Waals surface area contributed by atoms with Crippen LogP contribution in [0.5, 0.6) is 0 Å². The molecule has 0 amide bonds. The van der Waals surface area contributed by atoms with Crippen molar-refractivity contribution in [3.8, 4) is 0 Å². The Morgan fingerprint density at radius 1 is 0.857 bits per heavy atom. The molecule has 5 atom stereocenters. The zero-order valence-corrected chi connectivity index (χ0v) is 17.6. The molecule has 0 N–H and O–H groups in total. The van der Waals surface area contributed by atoms with Gasteiger partial charge in [0.1, 0.15) is 0 Å². The van der Waals surface area contributed by atoms with E-state index in [-0.39, 0.29) is 17.8 Å². The van der Waals surface area contributed by atoms with Crippen LogP contribution >= 0.6 is 0 Å². The van der Waals surface area contributed by atoms with Gasteiger partial charge in [0.15, 0.2) is 0 Å². The molecule has 1 fully saturated rings. The first-order valence-corrected chi connectivity index (χ1v) is 10.5. The number of hydrogen-bond acceptors (Lipinski definition) is 3. The third kappa shape index (κ3) is 5.02. The van der Waals surface area contributed by atoms with Crippen LogP contribution < -0.4 is 0 Å². The highest BCUT2D eigenvalue weighted by Crippen LogP contribution is 2.41. The maximum Gasteiger partial charge on any atom is 0.0920 e. The topological polar surface area (TPSA) is 27.7 Å². The first-order chi connectivity index (χ1) is 13.5. The van der Waals surface area contributed by atoms with Crippen molar-refractivity contribution in [1.82, 2.24) is 0 Å². The lowest BCUT2D eigenvalue weighted by Gasteiger charge is -2.50. The van der Waals surface area contributed by atoms with Crippen LogP contribution in [0.15, 0.2) is 60.7 Å². The first kappa shape index (κ1) is 21.0. The van der Waals surface area contributed by atoms with Crippen LogP contribution in [0.3, 0.4) is 0 Å². The van der Waals surface area contributed by atoms with Crippen molar-refractivity contribution in [3.05, 3.63) is 71.8 Å². The smallest absolute Gasteiger partial charge is 0.0920 e.